The minimum atomic E-state index is -1.65. The van der Waals surface area contributed by atoms with Crippen LogP contribution in [-0.4, -0.2) is 20.1 Å². The Labute approximate surface area is 63.3 Å². The normalized spacial score (nSPS) is 37.4. The molecule has 60 valence electrons. The third-order valence-electron chi connectivity index (χ3n) is 1.95. The fourth-order valence-electron chi connectivity index (χ4n) is 1.36. The molecule has 0 bridgehead atoms. The van der Waals surface area contributed by atoms with Crippen molar-refractivity contribution in [2.24, 2.45) is 5.73 Å². The second-order valence-electron chi connectivity index (χ2n) is 2.82. The first-order valence-corrected chi connectivity index (χ1v) is 4.72. The quantitative estimate of drug-likeness (QED) is 0.552. The first-order chi connectivity index (χ1) is 4.70. The lowest BCUT2D eigenvalue weighted by Crippen LogP contribution is -2.32. The molecule has 1 rings (SSSR count). The van der Waals surface area contributed by atoms with Gasteiger partial charge in [0.05, 0.1) is 5.25 Å². The molecule has 0 aromatic heterocycles. The molecule has 0 saturated heterocycles. The summed E-state index contributed by atoms with van der Waals surface area (Å²) >= 11 is -1.65. The Balaban J connectivity index is 2.39. The highest BCUT2D eigenvalue weighted by atomic mass is 32.2. The molecule has 0 amide bonds. The molecule has 3 nitrogen and oxygen atoms in total. The third kappa shape index (κ3) is 2.04. The number of hydrogen-bond acceptors (Lipinski definition) is 2. The Morgan fingerprint density at radius 1 is 1.50 bits per heavy atom. The summed E-state index contributed by atoms with van der Waals surface area (Å²) in [7, 11) is 0. The van der Waals surface area contributed by atoms with Gasteiger partial charge in [-0.3, -0.25) is 0 Å². The van der Waals surface area contributed by atoms with Crippen molar-refractivity contribution in [3.63, 3.8) is 0 Å². The fraction of sp³-hybridized carbons (Fsp3) is 1.00. The van der Waals surface area contributed by atoms with Crippen LogP contribution < -0.4 is 5.73 Å². The summed E-state index contributed by atoms with van der Waals surface area (Å²) < 4.78 is 19.3. The zero-order valence-electron chi connectivity index (χ0n) is 5.82. The van der Waals surface area contributed by atoms with E-state index in [2.05, 4.69) is 0 Å². The lowest BCUT2D eigenvalue weighted by Gasteiger charge is -2.23. The van der Waals surface area contributed by atoms with Crippen LogP contribution in [0.15, 0.2) is 0 Å². The van der Waals surface area contributed by atoms with Gasteiger partial charge in [-0.25, -0.2) is 4.21 Å². The van der Waals surface area contributed by atoms with Gasteiger partial charge < -0.3 is 10.3 Å². The highest BCUT2D eigenvalue weighted by Gasteiger charge is 2.22. The van der Waals surface area contributed by atoms with E-state index in [1.54, 1.807) is 0 Å². The van der Waals surface area contributed by atoms with Crippen molar-refractivity contribution in [3.05, 3.63) is 0 Å². The van der Waals surface area contributed by atoms with E-state index >= 15 is 0 Å². The molecule has 0 radical (unpaired) electrons. The topological polar surface area (TPSA) is 63.3 Å². The van der Waals surface area contributed by atoms with Crippen LogP contribution in [0.1, 0.15) is 25.7 Å². The van der Waals surface area contributed by atoms with E-state index < -0.39 is 11.1 Å². The Kier molecular flexibility index (Phi) is 2.82. The van der Waals surface area contributed by atoms with Crippen LogP contribution in [-0.2, 0) is 11.1 Å². The van der Waals surface area contributed by atoms with Crippen LogP contribution in [0, 0.1) is 0 Å². The fourth-order valence-corrected chi connectivity index (χ4v) is 2.14. The second-order valence-corrected chi connectivity index (χ2v) is 4.04. The third-order valence-corrected chi connectivity index (χ3v) is 2.95. The maximum atomic E-state index is 10.6. The molecule has 3 unspecified atom stereocenters. The van der Waals surface area contributed by atoms with Crippen molar-refractivity contribution < 1.29 is 8.76 Å². The molecule has 0 aromatic rings. The van der Waals surface area contributed by atoms with Crippen LogP contribution >= 0.6 is 0 Å². The molecule has 1 aliphatic rings. The van der Waals surface area contributed by atoms with Gasteiger partial charge in [0.2, 0.25) is 0 Å². The van der Waals surface area contributed by atoms with Crippen LogP contribution in [0.25, 0.3) is 0 Å². The van der Waals surface area contributed by atoms with Crippen molar-refractivity contribution in [3.8, 4) is 0 Å². The summed E-state index contributed by atoms with van der Waals surface area (Å²) in [4.78, 5) is 0. The van der Waals surface area contributed by atoms with Gasteiger partial charge in [-0.15, -0.1) is 0 Å². The Morgan fingerprint density at radius 2 is 2.20 bits per heavy atom. The molecule has 1 saturated carbocycles. The standard InChI is InChI=1S/C6H13NO2S/c7-5-2-1-3-6(4-5)10(8)9/h5-6H,1-4,7H2,(H,8,9). The van der Waals surface area contributed by atoms with E-state index in [4.69, 9.17) is 10.3 Å². The van der Waals surface area contributed by atoms with Crippen molar-refractivity contribution >= 4 is 11.1 Å². The number of hydrogen-bond donors (Lipinski definition) is 2. The summed E-state index contributed by atoms with van der Waals surface area (Å²) in [6.45, 7) is 0. The van der Waals surface area contributed by atoms with Crippen molar-refractivity contribution in [1.82, 2.24) is 0 Å². The summed E-state index contributed by atoms with van der Waals surface area (Å²) in [5, 5.41) is -0.0660. The van der Waals surface area contributed by atoms with Gasteiger partial charge in [0.15, 0.2) is 11.1 Å². The van der Waals surface area contributed by atoms with Crippen LogP contribution in [0.5, 0.6) is 0 Å². The van der Waals surface area contributed by atoms with E-state index in [1.807, 2.05) is 0 Å². The molecule has 4 heteroatoms. The summed E-state index contributed by atoms with van der Waals surface area (Å²) in [5.74, 6) is 0. The lowest BCUT2D eigenvalue weighted by molar-refractivity contribution is 0.426. The maximum absolute atomic E-state index is 10.6. The van der Waals surface area contributed by atoms with E-state index in [-0.39, 0.29) is 11.3 Å². The minimum absolute atomic E-state index is 0.0660. The van der Waals surface area contributed by atoms with Gasteiger partial charge in [0.1, 0.15) is 0 Å². The second kappa shape index (κ2) is 3.46. The van der Waals surface area contributed by atoms with Gasteiger partial charge in [-0.05, 0) is 19.3 Å². The zero-order valence-corrected chi connectivity index (χ0v) is 6.64. The minimum Gasteiger partial charge on any atom is -0.328 e. The first kappa shape index (κ1) is 8.17. The highest BCUT2D eigenvalue weighted by Crippen LogP contribution is 2.20. The van der Waals surface area contributed by atoms with Gasteiger partial charge in [-0.2, -0.15) is 0 Å². The summed E-state index contributed by atoms with van der Waals surface area (Å²) in [6.07, 6.45) is 3.58. The van der Waals surface area contributed by atoms with E-state index in [0.717, 1.165) is 19.3 Å². The van der Waals surface area contributed by atoms with E-state index in [9.17, 15) is 4.21 Å². The largest absolute Gasteiger partial charge is 0.328 e. The predicted molar refractivity (Wildman–Crippen MR) is 41.0 cm³/mol. The molecule has 0 heterocycles. The van der Waals surface area contributed by atoms with E-state index in [1.165, 1.54) is 0 Å². The molecular weight excluding hydrogens is 150 g/mol. The first-order valence-electron chi connectivity index (χ1n) is 3.55. The summed E-state index contributed by atoms with van der Waals surface area (Å²) in [6, 6.07) is 0.148. The molecule has 10 heavy (non-hydrogen) atoms. The predicted octanol–water partition coefficient (Wildman–Crippen LogP) is 0.478. The van der Waals surface area contributed by atoms with Crippen molar-refractivity contribution in [1.29, 1.82) is 0 Å². The average Bonchev–Trinajstić information content (AvgIpc) is 1.88. The van der Waals surface area contributed by atoms with Crippen LogP contribution in [0.4, 0.5) is 0 Å². The smallest absolute Gasteiger partial charge is 0.156 e. The average molecular weight is 163 g/mol. The number of nitrogens with two attached hydrogens (primary N) is 1. The van der Waals surface area contributed by atoms with Gasteiger partial charge in [0, 0.05) is 6.04 Å². The van der Waals surface area contributed by atoms with Crippen molar-refractivity contribution in [2.75, 3.05) is 0 Å². The molecule has 0 aromatic carbocycles. The van der Waals surface area contributed by atoms with Gasteiger partial charge >= 0.3 is 0 Å². The molecule has 1 fully saturated rings. The molecular formula is C6H13NO2S. The molecule has 3 atom stereocenters. The SMILES string of the molecule is NC1CCCC(S(=O)O)C1. The lowest BCUT2D eigenvalue weighted by atomic mass is 9.96. The van der Waals surface area contributed by atoms with Gasteiger partial charge in [0.25, 0.3) is 0 Å². The molecule has 1 aliphatic carbocycles. The van der Waals surface area contributed by atoms with Crippen molar-refractivity contribution in [2.45, 2.75) is 37.0 Å². The Morgan fingerprint density at radius 3 is 2.60 bits per heavy atom. The van der Waals surface area contributed by atoms with Crippen LogP contribution in [0.2, 0.25) is 0 Å². The Bertz CT molecular complexity index is 140. The van der Waals surface area contributed by atoms with Gasteiger partial charge in [-0.1, -0.05) is 6.42 Å². The number of rotatable bonds is 1. The Hall–Kier alpha value is 0.0700. The summed E-state index contributed by atoms with van der Waals surface area (Å²) in [5.41, 5.74) is 5.62. The van der Waals surface area contributed by atoms with E-state index in [0.29, 0.717) is 6.42 Å². The molecule has 3 N–H and O–H groups in total. The molecule has 0 spiro atoms. The highest BCUT2D eigenvalue weighted by molar-refractivity contribution is 7.79. The van der Waals surface area contributed by atoms with Crippen LogP contribution in [0.3, 0.4) is 0 Å². The zero-order chi connectivity index (χ0) is 7.56. The monoisotopic (exact) mass is 163 g/mol. The molecule has 0 aliphatic heterocycles. The maximum Gasteiger partial charge on any atom is 0.156 e.